The van der Waals surface area contributed by atoms with Crippen molar-refractivity contribution >= 4 is 16.9 Å². The lowest BCUT2D eigenvalue weighted by molar-refractivity contribution is 0.825. The van der Waals surface area contributed by atoms with Gasteiger partial charge in [-0.3, -0.25) is 0 Å². The fourth-order valence-corrected chi connectivity index (χ4v) is 5.96. The second-order valence-electron chi connectivity index (χ2n) is 10.9. The molecule has 0 aliphatic heterocycles. The number of hydrogen-bond acceptors (Lipinski definition) is 1. The van der Waals surface area contributed by atoms with Gasteiger partial charge in [-0.05, 0) is 101 Å². The monoisotopic (exact) mass is 531 g/mol. The van der Waals surface area contributed by atoms with Crippen molar-refractivity contribution in [1.82, 2.24) is 0 Å². The molecule has 0 atom stereocenters. The molecule has 0 aromatic heterocycles. The maximum Gasteiger partial charge on any atom is 0.0470 e. The molecule has 6 rings (SSSR count). The van der Waals surface area contributed by atoms with E-state index in [9.17, 15) is 0 Å². The van der Waals surface area contributed by atoms with E-state index in [1.807, 2.05) is 0 Å². The molecule has 5 aromatic rings. The summed E-state index contributed by atoms with van der Waals surface area (Å²) < 4.78 is 0. The van der Waals surface area contributed by atoms with Gasteiger partial charge in [0.1, 0.15) is 0 Å². The van der Waals surface area contributed by atoms with Crippen molar-refractivity contribution in [3.05, 3.63) is 150 Å². The normalized spacial score (nSPS) is 12.9. The van der Waals surface area contributed by atoms with E-state index in [0.29, 0.717) is 0 Å². The molecule has 5 aromatic carbocycles. The zero-order valence-electron chi connectivity index (χ0n) is 24.0. The summed E-state index contributed by atoms with van der Waals surface area (Å²) >= 11 is 0. The van der Waals surface area contributed by atoms with Crippen LogP contribution in [-0.4, -0.2) is 0 Å². The Morgan fingerprint density at radius 2 is 1.24 bits per heavy atom. The molecule has 202 valence electrons. The maximum atomic E-state index is 3.74. The first kappa shape index (κ1) is 26.6. The molecule has 0 radical (unpaired) electrons. The largest absolute Gasteiger partial charge is 0.355 e. The van der Waals surface area contributed by atoms with Crippen molar-refractivity contribution in [2.75, 3.05) is 5.32 Å². The average molecular weight is 532 g/mol. The van der Waals surface area contributed by atoms with Crippen LogP contribution in [0, 0.1) is 6.92 Å². The Hall–Kier alpha value is -4.62. The fourth-order valence-electron chi connectivity index (χ4n) is 5.96. The van der Waals surface area contributed by atoms with Crippen molar-refractivity contribution in [2.45, 2.75) is 39.5 Å². The lowest BCUT2D eigenvalue weighted by atomic mass is 9.85. The van der Waals surface area contributed by atoms with E-state index in [0.717, 1.165) is 30.6 Å². The molecule has 0 amide bonds. The molecule has 1 heteroatoms. The summed E-state index contributed by atoms with van der Waals surface area (Å²) in [4.78, 5) is 0. The molecule has 0 fully saturated rings. The fraction of sp³-hybridized carbons (Fsp3) is 0.150. The average Bonchev–Trinajstić information content (AvgIpc) is 3.03. The van der Waals surface area contributed by atoms with Gasteiger partial charge in [-0.15, -0.1) is 0 Å². The SMILES string of the molecule is CCCC1=C(c2cc(-c3cc(-c4ccccc4)c(Nc4ccccc4)cc3-c3ccccc3)ccc2C)C=CCC1. The van der Waals surface area contributed by atoms with Crippen molar-refractivity contribution in [2.24, 2.45) is 0 Å². The first-order valence-corrected chi connectivity index (χ1v) is 14.8. The molecule has 0 saturated carbocycles. The van der Waals surface area contributed by atoms with Crippen molar-refractivity contribution in [3.8, 4) is 33.4 Å². The van der Waals surface area contributed by atoms with Crippen LogP contribution < -0.4 is 5.32 Å². The minimum Gasteiger partial charge on any atom is -0.355 e. The van der Waals surface area contributed by atoms with Crippen molar-refractivity contribution < 1.29 is 0 Å². The van der Waals surface area contributed by atoms with Crippen LogP contribution in [0.25, 0.3) is 39.0 Å². The Morgan fingerprint density at radius 1 is 0.610 bits per heavy atom. The molecule has 1 nitrogen and oxygen atoms in total. The number of hydrogen-bond donors (Lipinski definition) is 1. The highest BCUT2D eigenvalue weighted by Crippen LogP contribution is 2.43. The van der Waals surface area contributed by atoms with Gasteiger partial charge in [0.05, 0.1) is 0 Å². The topological polar surface area (TPSA) is 12.0 Å². The molecule has 0 saturated heterocycles. The smallest absolute Gasteiger partial charge is 0.0470 e. The third kappa shape index (κ3) is 5.81. The number of rotatable bonds is 8. The Morgan fingerprint density at radius 3 is 1.93 bits per heavy atom. The minimum absolute atomic E-state index is 1.08. The van der Waals surface area contributed by atoms with E-state index in [1.165, 1.54) is 56.5 Å². The van der Waals surface area contributed by atoms with Gasteiger partial charge in [-0.25, -0.2) is 0 Å². The predicted molar refractivity (Wildman–Crippen MR) is 177 cm³/mol. The molecule has 41 heavy (non-hydrogen) atoms. The third-order valence-corrected chi connectivity index (χ3v) is 8.05. The summed E-state index contributed by atoms with van der Waals surface area (Å²) in [5.41, 5.74) is 15.2. The first-order chi connectivity index (χ1) is 20.2. The number of anilines is 2. The lowest BCUT2D eigenvalue weighted by Gasteiger charge is -2.21. The van der Waals surface area contributed by atoms with Crippen molar-refractivity contribution in [3.63, 3.8) is 0 Å². The Kier molecular flexibility index (Phi) is 7.96. The van der Waals surface area contributed by atoms with Crippen LogP contribution in [0.5, 0.6) is 0 Å². The lowest BCUT2D eigenvalue weighted by Crippen LogP contribution is -1.99. The van der Waals surface area contributed by atoms with Gasteiger partial charge < -0.3 is 5.32 Å². The van der Waals surface area contributed by atoms with Gasteiger partial charge >= 0.3 is 0 Å². The number of allylic oxidation sites excluding steroid dienone is 4. The van der Waals surface area contributed by atoms with Gasteiger partial charge in [0.2, 0.25) is 0 Å². The van der Waals surface area contributed by atoms with Gasteiger partial charge in [-0.2, -0.15) is 0 Å². The highest BCUT2D eigenvalue weighted by Gasteiger charge is 2.18. The van der Waals surface area contributed by atoms with Crippen LogP contribution in [0.3, 0.4) is 0 Å². The highest BCUT2D eigenvalue weighted by molar-refractivity contribution is 5.95. The number of para-hydroxylation sites is 1. The minimum atomic E-state index is 1.08. The quantitative estimate of drug-likeness (QED) is 0.210. The molecule has 1 N–H and O–H groups in total. The highest BCUT2D eigenvalue weighted by atomic mass is 14.9. The zero-order chi connectivity index (χ0) is 28.0. The standard InChI is InChI=1S/C40H37N/c1-3-15-30-20-13-14-23-35(30)36-26-33(25-24-29(36)2)37-27-39(32-18-9-5-10-19-32)40(41-34-21-11-6-12-22-34)28-38(37)31-16-7-4-8-17-31/h4-12,14,16-19,21-28,41H,3,13,15,20H2,1-2H3. The van der Waals surface area contributed by atoms with Gasteiger partial charge in [0.25, 0.3) is 0 Å². The summed E-state index contributed by atoms with van der Waals surface area (Å²) in [7, 11) is 0. The molecular weight excluding hydrogens is 494 g/mol. The summed E-state index contributed by atoms with van der Waals surface area (Å²) in [6.45, 7) is 4.53. The maximum absolute atomic E-state index is 3.74. The summed E-state index contributed by atoms with van der Waals surface area (Å²) in [6.07, 6.45) is 9.35. The summed E-state index contributed by atoms with van der Waals surface area (Å²) in [5, 5.41) is 3.74. The number of benzene rings is 5. The zero-order valence-corrected chi connectivity index (χ0v) is 24.0. The Labute approximate surface area is 244 Å². The Bertz CT molecular complexity index is 1690. The van der Waals surface area contributed by atoms with Gasteiger partial charge in [0, 0.05) is 16.9 Å². The van der Waals surface area contributed by atoms with Crippen LogP contribution in [0.4, 0.5) is 11.4 Å². The van der Waals surface area contributed by atoms with E-state index in [1.54, 1.807) is 5.57 Å². The van der Waals surface area contributed by atoms with E-state index < -0.39 is 0 Å². The summed E-state index contributed by atoms with van der Waals surface area (Å²) in [6, 6.07) is 43.7. The van der Waals surface area contributed by atoms with E-state index in [-0.39, 0.29) is 0 Å². The van der Waals surface area contributed by atoms with Gasteiger partial charge in [0.15, 0.2) is 0 Å². The molecular formula is C40H37N. The molecule has 0 spiro atoms. The Balaban J connectivity index is 1.58. The predicted octanol–water partition coefficient (Wildman–Crippen LogP) is 11.6. The van der Waals surface area contributed by atoms with E-state index in [2.05, 4.69) is 153 Å². The van der Waals surface area contributed by atoms with Crippen LogP contribution in [0.15, 0.2) is 139 Å². The van der Waals surface area contributed by atoms with Crippen LogP contribution in [-0.2, 0) is 0 Å². The van der Waals surface area contributed by atoms with Crippen LogP contribution in [0.2, 0.25) is 0 Å². The molecule has 0 unspecified atom stereocenters. The second-order valence-corrected chi connectivity index (χ2v) is 10.9. The second kappa shape index (κ2) is 12.3. The van der Waals surface area contributed by atoms with Crippen LogP contribution >= 0.6 is 0 Å². The first-order valence-electron chi connectivity index (χ1n) is 14.8. The third-order valence-electron chi connectivity index (χ3n) is 8.05. The van der Waals surface area contributed by atoms with Crippen molar-refractivity contribution in [1.29, 1.82) is 0 Å². The molecule has 0 heterocycles. The molecule has 1 aliphatic carbocycles. The van der Waals surface area contributed by atoms with E-state index in [4.69, 9.17) is 0 Å². The molecule has 1 aliphatic rings. The summed E-state index contributed by atoms with van der Waals surface area (Å²) in [5.74, 6) is 0. The van der Waals surface area contributed by atoms with Crippen LogP contribution in [0.1, 0.15) is 43.7 Å². The number of nitrogens with one attached hydrogen (secondary N) is 1. The van der Waals surface area contributed by atoms with E-state index >= 15 is 0 Å². The number of aryl methyl sites for hydroxylation is 1. The van der Waals surface area contributed by atoms with Gasteiger partial charge in [-0.1, -0.05) is 122 Å². The molecule has 0 bridgehead atoms.